The highest BCUT2D eigenvalue weighted by molar-refractivity contribution is 5.87. The maximum atomic E-state index is 10.5. The first-order valence-corrected chi connectivity index (χ1v) is 8.35. The van der Waals surface area contributed by atoms with Gasteiger partial charge in [0.2, 0.25) is 0 Å². The van der Waals surface area contributed by atoms with Gasteiger partial charge in [-0.3, -0.25) is 14.7 Å². The quantitative estimate of drug-likeness (QED) is 0.135. The Hall–Kier alpha value is -2.65. The van der Waals surface area contributed by atoms with Gasteiger partial charge in [-0.1, -0.05) is 19.7 Å². The van der Waals surface area contributed by atoms with Crippen LogP contribution in [0, 0.1) is 0 Å². The van der Waals surface area contributed by atoms with Crippen LogP contribution in [0.25, 0.3) is 0 Å². The lowest BCUT2D eigenvalue weighted by Gasteiger charge is -1.99. The number of hydrogen-bond acceptors (Lipinski definition) is 13. The van der Waals surface area contributed by atoms with Crippen molar-refractivity contribution in [3.8, 4) is 0 Å². The van der Waals surface area contributed by atoms with E-state index in [1.807, 2.05) is 0 Å². The molecule has 182 valence electrons. The van der Waals surface area contributed by atoms with Gasteiger partial charge in [0.25, 0.3) is 0 Å². The predicted molar refractivity (Wildman–Crippen MR) is 107 cm³/mol. The monoisotopic (exact) mass is 455 g/mol. The molecule has 13 nitrogen and oxygen atoms in total. The Balaban J connectivity index is -0.000000174. The second-order valence-corrected chi connectivity index (χ2v) is 5.09. The molecule has 0 heterocycles. The van der Waals surface area contributed by atoms with Crippen LogP contribution in [-0.4, -0.2) is 72.9 Å². The molecular weight excluding hydrogens is 422 g/mol. The summed E-state index contributed by atoms with van der Waals surface area (Å²) in [5.41, 5.74) is 0.786. The maximum Gasteiger partial charge on any atom is 0.368 e. The topological polar surface area (TPSA) is 202 Å². The van der Waals surface area contributed by atoms with E-state index in [-0.39, 0.29) is 62.5 Å². The number of carbonyl (C=O) groups excluding carboxylic acids is 3. The molecule has 0 rings (SSSR count). The van der Waals surface area contributed by atoms with E-state index >= 15 is 0 Å². The lowest BCUT2D eigenvalue weighted by atomic mass is 10.4. The molecule has 0 aliphatic rings. The van der Waals surface area contributed by atoms with Gasteiger partial charge in [0.15, 0.2) is 0 Å². The first-order valence-electron chi connectivity index (χ1n) is 8.35. The van der Waals surface area contributed by atoms with Crippen LogP contribution < -0.4 is 6.15 Å². The summed E-state index contributed by atoms with van der Waals surface area (Å²) < 4.78 is 0. The van der Waals surface area contributed by atoms with Crippen molar-refractivity contribution in [2.45, 2.75) is 20.8 Å². The SMILES string of the molecule is C=C(C)C(=O)OOCCO.C=C(C)C(=O)OOCCO.C=C(C)C(=O)OOCCO.N. The minimum Gasteiger partial charge on any atom is -0.394 e. The third-order valence-electron chi connectivity index (χ3n) is 1.97. The van der Waals surface area contributed by atoms with E-state index in [4.69, 9.17) is 15.3 Å². The fourth-order valence-corrected chi connectivity index (χ4v) is 0.611. The minimum absolute atomic E-state index is 0. The molecule has 31 heavy (non-hydrogen) atoms. The van der Waals surface area contributed by atoms with E-state index in [1.165, 1.54) is 20.8 Å². The molecular formula is C18H33NO12. The molecule has 0 amide bonds. The predicted octanol–water partition coefficient (Wildman–Crippen LogP) is 0.251. The molecule has 0 spiro atoms. The molecule has 0 unspecified atom stereocenters. The van der Waals surface area contributed by atoms with Crippen molar-refractivity contribution >= 4 is 17.9 Å². The normalized spacial score (nSPS) is 8.71. The molecule has 0 aromatic carbocycles. The van der Waals surface area contributed by atoms with Gasteiger partial charge in [0, 0.05) is 16.7 Å². The van der Waals surface area contributed by atoms with E-state index < -0.39 is 17.9 Å². The summed E-state index contributed by atoms with van der Waals surface area (Å²) >= 11 is 0. The fourth-order valence-electron chi connectivity index (χ4n) is 0.611. The van der Waals surface area contributed by atoms with E-state index in [0.29, 0.717) is 0 Å². The van der Waals surface area contributed by atoms with Crippen LogP contribution in [-0.2, 0) is 43.7 Å². The van der Waals surface area contributed by atoms with Gasteiger partial charge in [-0.05, 0) is 20.8 Å². The third-order valence-corrected chi connectivity index (χ3v) is 1.97. The van der Waals surface area contributed by atoms with E-state index in [2.05, 4.69) is 49.1 Å². The largest absolute Gasteiger partial charge is 0.394 e. The highest BCUT2D eigenvalue weighted by atomic mass is 17.2. The summed E-state index contributed by atoms with van der Waals surface area (Å²) in [4.78, 5) is 56.6. The lowest BCUT2D eigenvalue weighted by molar-refractivity contribution is -0.271. The molecule has 0 aromatic heterocycles. The molecule has 0 atom stereocenters. The number of rotatable bonds is 12. The number of aliphatic hydroxyl groups is 3. The first-order chi connectivity index (χ1) is 14.0. The Bertz CT molecular complexity index is 472. The molecule has 0 fully saturated rings. The molecule has 6 N–H and O–H groups in total. The van der Waals surface area contributed by atoms with E-state index in [1.54, 1.807) is 0 Å². The second-order valence-electron chi connectivity index (χ2n) is 5.09. The Morgan fingerprint density at radius 1 is 0.581 bits per heavy atom. The fraction of sp³-hybridized carbons (Fsp3) is 0.500. The maximum absolute atomic E-state index is 10.5. The van der Waals surface area contributed by atoms with Crippen LogP contribution in [0.2, 0.25) is 0 Å². The van der Waals surface area contributed by atoms with Crippen molar-refractivity contribution in [1.29, 1.82) is 0 Å². The summed E-state index contributed by atoms with van der Waals surface area (Å²) in [5, 5.41) is 24.5. The Kier molecular flexibility index (Phi) is 29.3. The minimum atomic E-state index is -0.617. The van der Waals surface area contributed by atoms with Crippen molar-refractivity contribution < 1.29 is 59.0 Å². The summed E-state index contributed by atoms with van der Waals surface area (Å²) in [5.74, 6) is -1.85. The van der Waals surface area contributed by atoms with Crippen LogP contribution in [0.4, 0.5) is 0 Å². The van der Waals surface area contributed by atoms with Crippen molar-refractivity contribution in [3.05, 3.63) is 36.5 Å². The smallest absolute Gasteiger partial charge is 0.368 e. The second kappa shape index (κ2) is 25.4. The Morgan fingerprint density at radius 2 is 0.774 bits per heavy atom. The van der Waals surface area contributed by atoms with Gasteiger partial charge in [0.1, 0.15) is 19.8 Å². The van der Waals surface area contributed by atoms with E-state index in [0.717, 1.165) is 0 Å². The van der Waals surface area contributed by atoms with Crippen molar-refractivity contribution in [3.63, 3.8) is 0 Å². The van der Waals surface area contributed by atoms with Gasteiger partial charge >= 0.3 is 17.9 Å². The molecule has 0 saturated heterocycles. The summed E-state index contributed by atoms with van der Waals surface area (Å²) in [6.45, 7) is 13.9. The van der Waals surface area contributed by atoms with Gasteiger partial charge < -0.3 is 21.5 Å². The molecule has 0 aliphatic heterocycles. The van der Waals surface area contributed by atoms with Gasteiger partial charge in [-0.15, -0.1) is 0 Å². The average Bonchev–Trinajstić information content (AvgIpc) is 2.69. The average molecular weight is 455 g/mol. The van der Waals surface area contributed by atoms with Gasteiger partial charge in [-0.25, -0.2) is 14.4 Å². The zero-order valence-corrected chi connectivity index (χ0v) is 18.1. The summed E-state index contributed by atoms with van der Waals surface area (Å²) in [6, 6.07) is 0. The number of hydrogen-bond donors (Lipinski definition) is 4. The molecule has 0 aromatic rings. The van der Waals surface area contributed by atoms with Crippen molar-refractivity contribution in [2.24, 2.45) is 0 Å². The zero-order valence-electron chi connectivity index (χ0n) is 18.1. The molecule has 0 radical (unpaired) electrons. The number of carbonyl (C=O) groups is 3. The van der Waals surface area contributed by atoms with Gasteiger partial charge in [0.05, 0.1) is 19.8 Å². The molecule has 0 saturated carbocycles. The van der Waals surface area contributed by atoms with Crippen LogP contribution in [0.5, 0.6) is 0 Å². The van der Waals surface area contributed by atoms with Crippen LogP contribution in [0.15, 0.2) is 36.5 Å². The van der Waals surface area contributed by atoms with Gasteiger partial charge in [-0.2, -0.15) is 14.7 Å². The highest BCUT2D eigenvalue weighted by Crippen LogP contribution is 1.93. The lowest BCUT2D eigenvalue weighted by Crippen LogP contribution is -2.08. The number of aliphatic hydroxyl groups excluding tert-OH is 3. The van der Waals surface area contributed by atoms with E-state index in [9.17, 15) is 14.4 Å². The first kappa shape index (κ1) is 35.8. The van der Waals surface area contributed by atoms with Crippen LogP contribution >= 0.6 is 0 Å². The van der Waals surface area contributed by atoms with Crippen molar-refractivity contribution in [2.75, 3.05) is 39.6 Å². The molecule has 0 bridgehead atoms. The highest BCUT2D eigenvalue weighted by Gasteiger charge is 2.03. The summed E-state index contributed by atoms with van der Waals surface area (Å²) in [6.07, 6.45) is 0. The van der Waals surface area contributed by atoms with Crippen LogP contribution in [0.3, 0.4) is 0 Å². The van der Waals surface area contributed by atoms with Crippen LogP contribution in [0.1, 0.15) is 20.8 Å². The Morgan fingerprint density at radius 3 is 0.903 bits per heavy atom. The Labute approximate surface area is 180 Å². The summed E-state index contributed by atoms with van der Waals surface area (Å²) in [7, 11) is 0. The third kappa shape index (κ3) is 29.6. The molecule has 0 aliphatic carbocycles. The standard InChI is InChI=1S/3C6H10O4.H3N/c3*1-5(2)6(8)10-9-4-3-7;/h3*7H,1,3-4H2,2H3;1H3. The zero-order chi connectivity index (χ0) is 23.9. The van der Waals surface area contributed by atoms with Crippen molar-refractivity contribution in [1.82, 2.24) is 6.15 Å². The molecule has 13 heteroatoms.